The summed E-state index contributed by atoms with van der Waals surface area (Å²) in [5.41, 5.74) is 5.19. The predicted molar refractivity (Wildman–Crippen MR) is 35.9 cm³/mol. The average molecular weight is 134 g/mol. The Bertz CT molecular complexity index is 88.9. The van der Waals surface area contributed by atoms with E-state index in [1.165, 1.54) is 11.9 Å². The molecule has 0 aromatic carbocycles. The first-order valence-electron chi connectivity index (χ1n) is 2.01. The lowest BCUT2D eigenvalue weighted by Gasteiger charge is -1.91. The SMILES string of the molecule is NC(=S)SN1CC1. The minimum Gasteiger partial charge on any atom is -0.384 e. The Hall–Kier alpha value is 0.200. The summed E-state index contributed by atoms with van der Waals surface area (Å²) in [5.74, 6) is 0. The van der Waals surface area contributed by atoms with E-state index >= 15 is 0 Å². The second kappa shape index (κ2) is 1.98. The fraction of sp³-hybridized carbons (Fsp3) is 0.667. The van der Waals surface area contributed by atoms with Gasteiger partial charge in [0.2, 0.25) is 0 Å². The average Bonchev–Trinajstić information content (AvgIpc) is 2.17. The number of hydrogen-bond donors (Lipinski definition) is 1. The fourth-order valence-corrected chi connectivity index (χ4v) is 1.09. The van der Waals surface area contributed by atoms with E-state index in [4.69, 9.17) is 5.73 Å². The van der Waals surface area contributed by atoms with Gasteiger partial charge in [-0.15, -0.1) is 0 Å². The standard InChI is InChI=1S/C3H6N2S2/c4-3(6)7-5-1-2-5/h1-2H2,(H2,4,6). The zero-order chi connectivity index (χ0) is 5.28. The molecule has 0 unspecified atom stereocenters. The molecule has 2 N–H and O–H groups in total. The Kier molecular flexibility index (Phi) is 1.51. The van der Waals surface area contributed by atoms with Crippen molar-refractivity contribution in [3.63, 3.8) is 0 Å². The number of rotatable bonds is 1. The van der Waals surface area contributed by atoms with Crippen molar-refractivity contribution in [1.29, 1.82) is 0 Å². The van der Waals surface area contributed by atoms with E-state index < -0.39 is 0 Å². The van der Waals surface area contributed by atoms with E-state index in [2.05, 4.69) is 16.5 Å². The van der Waals surface area contributed by atoms with Crippen molar-refractivity contribution in [2.45, 2.75) is 0 Å². The minimum absolute atomic E-state index is 0.525. The minimum atomic E-state index is 0.525. The first kappa shape index (κ1) is 5.34. The van der Waals surface area contributed by atoms with Gasteiger partial charge in [0.1, 0.15) is 4.32 Å². The summed E-state index contributed by atoms with van der Waals surface area (Å²) in [6.07, 6.45) is 0. The van der Waals surface area contributed by atoms with Gasteiger partial charge in [0.15, 0.2) is 0 Å². The van der Waals surface area contributed by atoms with Crippen LogP contribution in [0.2, 0.25) is 0 Å². The molecule has 0 aromatic rings. The second-order valence-corrected chi connectivity index (χ2v) is 3.18. The molecule has 1 rings (SSSR count). The van der Waals surface area contributed by atoms with E-state index in [-0.39, 0.29) is 0 Å². The van der Waals surface area contributed by atoms with Crippen molar-refractivity contribution in [1.82, 2.24) is 4.31 Å². The highest BCUT2D eigenvalue weighted by molar-refractivity contribution is 8.21. The van der Waals surface area contributed by atoms with Crippen molar-refractivity contribution >= 4 is 28.5 Å². The van der Waals surface area contributed by atoms with Crippen LogP contribution in [0.1, 0.15) is 0 Å². The number of hydrogen-bond acceptors (Lipinski definition) is 3. The zero-order valence-corrected chi connectivity index (χ0v) is 5.39. The van der Waals surface area contributed by atoms with Crippen molar-refractivity contribution in [2.24, 2.45) is 5.73 Å². The molecule has 0 saturated carbocycles. The maximum atomic E-state index is 5.19. The summed E-state index contributed by atoms with van der Waals surface area (Å²) in [5, 5.41) is 0. The molecular formula is C3H6N2S2. The topological polar surface area (TPSA) is 29.0 Å². The third kappa shape index (κ3) is 2.11. The molecule has 1 saturated heterocycles. The highest BCUT2D eigenvalue weighted by Gasteiger charge is 2.18. The van der Waals surface area contributed by atoms with Crippen molar-refractivity contribution < 1.29 is 0 Å². The molecule has 7 heavy (non-hydrogen) atoms. The first-order chi connectivity index (χ1) is 3.29. The molecule has 1 fully saturated rings. The number of thiocarbonyl (C=S) groups is 1. The summed E-state index contributed by atoms with van der Waals surface area (Å²) in [7, 11) is 0. The summed E-state index contributed by atoms with van der Waals surface area (Å²) in [6, 6.07) is 0. The van der Waals surface area contributed by atoms with Crippen LogP contribution in [0.15, 0.2) is 0 Å². The lowest BCUT2D eigenvalue weighted by Crippen LogP contribution is -2.04. The Morgan fingerprint density at radius 2 is 2.29 bits per heavy atom. The fourth-order valence-electron chi connectivity index (χ4n) is 0.259. The Morgan fingerprint density at radius 3 is 2.43 bits per heavy atom. The maximum Gasteiger partial charge on any atom is 0.146 e. The van der Waals surface area contributed by atoms with Gasteiger partial charge in [-0.2, -0.15) is 0 Å². The molecule has 4 heteroatoms. The monoisotopic (exact) mass is 134 g/mol. The lowest BCUT2D eigenvalue weighted by molar-refractivity contribution is 0.964. The number of nitrogens with zero attached hydrogens (tertiary/aromatic N) is 1. The molecule has 0 aliphatic carbocycles. The van der Waals surface area contributed by atoms with Crippen LogP contribution in [0.5, 0.6) is 0 Å². The summed E-state index contributed by atoms with van der Waals surface area (Å²) in [4.78, 5) is 0. The van der Waals surface area contributed by atoms with Gasteiger partial charge in [-0.05, 0) is 11.9 Å². The summed E-state index contributed by atoms with van der Waals surface area (Å²) >= 11 is 6.07. The molecule has 0 bridgehead atoms. The van der Waals surface area contributed by atoms with E-state index in [0.717, 1.165) is 13.1 Å². The second-order valence-electron chi connectivity index (χ2n) is 1.34. The summed E-state index contributed by atoms with van der Waals surface area (Å²) < 4.78 is 2.63. The van der Waals surface area contributed by atoms with Crippen LogP contribution in [0, 0.1) is 0 Å². The van der Waals surface area contributed by atoms with Crippen molar-refractivity contribution in [3.05, 3.63) is 0 Å². The highest BCUT2D eigenvalue weighted by Crippen LogP contribution is 2.17. The van der Waals surface area contributed by atoms with Gasteiger partial charge in [-0.1, -0.05) is 12.2 Å². The maximum absolute atomic E-state index is 5.19. The summed E-state index contributed by atoms with van der Waals surface area (Å²) in [6.45, 7) is 2.28. The Morgan fingerprint density at radius 1 is 1.71 bits per heavy atom. The van der Waals surface area contributed by atoms with Crippen LogP contribution in [-0.4, -0.2) is 21.7 Å². The molecule has 0 spiro atoms. The van der Waals surface area contributed by atoms with E-state index in [1.807, 2.05) is 0 Å². The molecule has 0 radical (unpaired) electrons. The van der Waals surface area contributed by atoms with Crippen molar-refractivity contribution in [3.8, 4) is 0 Å². The van der Waals surface area contributed by atoms with E-state index in [0.29, 0.717) is 4.32 Å². The molecule has 0 atom stereocenters. The normalized spacial score (nSPS) is 19.4. The van der Waals surface area contributed by atoms with Gasteiger partial charge < -0.3 is 5.73 Å². The molecule has 40 valence electrons. The Labute approximate surface area is 52.2 Å². The predicted octanol–water partition coefficient (Wildman–Crippen LogP) is 0.194. The van der Waals surface area contributed by atoms with Crippen LogP contribution in [0.4, 0.5) is 0 Å². The van der Waals surface area contributed by atoms with Crippen LogP contribution >= 0.6 is 24.2 Å². The van der Waals surface area contributed by atoms with Gasteiger partial charge in [0, 0.05) is 13.1 Å². The third-order valence-corrected chi connectivity index (χ3v) is 1.65. The van der Waals surface area contributed by atoms with Gasteiger partial charge in [-0.3, -0.25) is 0 Å². The van der Waals surface area contributed by atoms with Crippen LogP contribution in [-0.2, 0) is 0 Å². The number of nitrogens with two attached hydrogens (primary N) is 1. The highest BCUT2D eigenvalue weighted by atomic mass is 32.2. The molecular weight excluding hydrogens is 128 g/mol. The molecule has 0 aromatic heterocycles. The van der Waals surface area contributed by atoms with Crippen LogP contribution in [0.3, 0.4) is 0 Å². The molecule has 1 aliphatic heterocycles. The Balaban J connectivity index is 2.08. The first-order valence-corrected chi connectivity index (χ1v) is 3.19. The third-order valence-electron chi connectivity index (χ3n) is 0.625. The molecule has 2 nitrogen and oxygen atoms in total. The smallest absolute Gasteiger partial charge is 0.146 e. The van der Waals surface area contributed by atoms with Crippen LogP contribution in [0.25, 0.3) is 0 Å². The van der Waals surface area contributed by atoms with Gasteiger partial charge in [0.25, 0.3) is 0 Å². The van der Waals surface area contributed by atoms with Crippen molar-refractivity contribution in [2.75, 3.05) is 13.1 Å². The molecule has 1 aliphatic rings. The quantitative estimate of drug-likeness (QED) is 0.315. The van der Waals surface area contributed by atoms with E-state index in [9.17, 15) is 0 Å². The van der Waals surface area contributed by atoms with E-state index in [1.54, 1.807) is 0 Å². The molecule has 1 heterocycles. The van der Waals surface area contributed by atoms with Gasteiger partial charge in [-0.25, -0.2) is 4.31 Å². The van der Waals surface area contributed by atoms with Gasteiger partial charge in [0.05, 0.1) is 0 Å². The molecule has 0 amide bonds. The van der Waals surface area contributed by atoms with Crippen LogP contribution < -0.4 is 5.73 Å². The largest absolute Gasteiger partial charge is 0.384 e. The van der Waals surface area contributed by atoms with Gasteiger partial charge >= 0.3 is 0 Å². The lowest BCUT2D eigenvalue weighted by atomic mass is 11.0. The zero-order valence-electron chi connectivity index (χ0n) is 3.76.